The lowest BCUT2D eigenvalue weighted by Gasteiger charge is -1.99. The fraction of sp³-hybridized carbons (Fsp3) is 0.500. The zero-order chi connectivity index (χ0) is 10.7. The molecule has 0 aromatic carbocycles. The highest BCUT2D eigenvalue weighted by Gasteiger charge is 2.32. The summed E-state index contributed by atoms with van der Waals surface area (Å²) in [6.45, 7) is 2.88. The summed E-state index contributed by atoms with van der Waals surface area (Å²) >= 11 is 0. The van der Waals surface area contributed by atoms with E-state index in [1.54, 1.807) is 0 Å². The molecule has 1 aliphatic heterocycles. The quantitative estimate of drug-likeness (QED) is 0.723. The van der Waals surface area contributed by atoms with Crippen molar-refractivity contribution in [2.75, 3.05) is 6.61 Å². The maximum Gasteiger partial charge on any atom is 0.258 e. The van der Waals surface area contributed by atoms with Gasteiger partial charge in [0.2, 0.25) is 0 Å². The van der Waals surface area contributed by atoms with E-state index in [0.717, 1.165) is 23.4 Å². The SMILES string of the molecule is Cc1cc(C2CO2)nc2onc(C3CC3)c12. The van der Waals surface area contributed by atoms with Crippen molar-refractivity contribution in [3.8, 4) is 0 Å². The summed E-state index contributed by atoms with van der Waals surface area (Å²) in [7, 11) is 0. The van der Waals surface area contributed by atoms with E-state index in [1.807, 2.05) is 0 Å². The minimum Gasteiger partial charge on any atom is -0.366 e. The predicted octanol–water partition coefficient (Wildman–Crippen LogP) is 2.48. The molecule has 1 unspecified atom stereocenters. The lowest BCUT2D eigenvalue weighted by molar-refractivity contribution is 0.407. The van der Waals surface area contributed by atoms with Crippen LogP contribution >= 0.6 is 0 Å². The summed E-state index contributed by atoms with van der Waals surface area (Å²) in [4.78, 5) is 4.47. The Morgan fingerprint density at radius 1 is 1.38 bits per heavy atom. The second kappa shape index (κ2) is 2.83. The van der Waals surface area contributed by atoms with E-state index in [2.05, 4.69) is 23.1 Å². The molecule has 2 aromatic heterocycles. The Labute approximate surface area is 92.6 Å². The van der Waals surface area contributed by atoms with E-state index >= 15 is 0 Å². The van der Waals surface area contributed by atoms with Gasteiger partial charge in [0.25, 0.3) is 5.71 Å². The largest absolute Gasteiger partial charge is 0.366 e. The van der Waals surface area contributed by atoms with E-state index in [4.69, 9.17) is 9.26 Å². The fourth-order valence-electron chi connectivity index (χ4n) is 2.20. The van der Waals surface area contributed by atoms with E-state index in [-0.39, 0.29) is 6.10 Å². The molecule has 4 rings (SSSR count). The highest BCUT2D eigenvalue weighted by atomic mass is 16.6. The number of rotatable bonds is 2. The number of pyridine rings is 1. The van der Waals surface area contributed by atoms with Crippen LogP contribution in [0.4, 0.5) is 0 Å². The standard InChI is InChI=1S/C12H12N2O2/c1-6-4-8(9-5-15-9)13-12-10(6)11(14-16-12)7-2-3-7/h4,7,9H,2-3,5H2,1H3. The van der Waals surface area contributed by atoms with Gasteiger partial charge in [-0.05, 0) is 31.4 Å². The lowest BCUT2D eigenvalue weighted by Crippen LogP contribution is -1.91. The van der Waals surface area contributed by atoms with Crippen LogP contribution in [-0.4, -0.2) is 16.7 Å². The van der Waals surface area contributed by atoms with Gasteiger partial charge in [-0.2, -0.15) is 0 Å². The molecule has 4 heteroatoms. The topological polar surface area (TPSA) is 51.5 Å². The molecule has 0 N–H and O–H groups in total. The van der Waals surface area contributed by atoms with Crippen LogP contribution in [0, 0.1) is 6.92 Å². The molecule has 1 saturated heterocycles. The Hall–Kier alpha value is -1.42. The minimum atomic E-state index is 0.178. The van der Waals surface area contributed by atoms with Crippen molar-refractivity contribution in [3.63, 3.8) is 0 Å². The number of fused-ring (bicyclic) bond motifs is 1. The predicted molar refractivity (Wildman–Crippen MR) is 57.2 cm³/mol. The Bertz CT molecular complexity index is 568. The summed E-state index contributed by atoms with van der Waals surface area (Å²) in [5.41, 5.74) is 3.96. The summed E-state index contributed by atoms with van der Waals surface area (Å²) in [6, 6.07) is 2.10. The van der Waals surface area contributed by atoms with Crippen LogP contribution in [0.3, 0.4) is 0 Å². The second-order valence-electron chi connectivity index (χ2n) is 4.71. The third kappa shape index (κ3) is 1.19. The summed E-state index contributed by atoms with van der Waals surface area (Å²) < 4.78 is 10.6. The zero-order valence-corrected chi connectivity index (χ0v) is 9.06. The van der Waals surface area contributed by atoms with Gasteiger partial charge in [-0.25, -0.2) is 4.98 Å². The molecule has 0 amide bonds. The van der Waals surface area contributed by atoms with Gasteiger partial charge in [0.1, 0.15) is 6.10 Å². The molecule has 0 bridgehead atoms. The van der Waals surface area contributed by atoms with Crippen LogP contribution in [0.15, 0.2) is 10.6 Å². The van der Waals surface area contributed by atoms with Crippen molar-refractivity contribution >= 4 is 11.1 Å². The summed E-state index contributed by atoms with van der Waals surface area (Å²) in [5, 5.41) is 5.28. The first-order chi connectivity index (χ1) is 7.83. The molecule has 2 aliphatic rings. The highest BCUT2D eigenvalue weighted by Crippen LogP contribution is 2.43. The maximum atomic E-state index is 5.33. The monoisotopic (exact) mass is 216 g/mol. The van der Waals surface area contributed by atoms with E-state index < -0.39 is 0 Å². The molecule has 1 atom stereocenters. The number of nitrogens with zero attached hydrogens (tertiary/aromatic N) is 2. The Balaban J connectivity index is 1.94. The van der Waals surface area contributed by atoms with Crippen LogP contribution in [-0.2, 0) is 4.74 Å². The Kier molecular flexibility index (Phi) is 1.54. The molecule has 82 valence electrons. The van der Waals surface area contributed by atoms with Crippen molar-refractivity contribution in [2.24, 2.45) is 0 Å². The average molecular weight is 216 g/mol. The third-order valence-electron chi connectivity index (χ3n) is 3.32. The first-order valence-corrected chi connectivity index (χ1v) is 5.71. The van der Waals surface area contributed by atoms with Crippen LogP contribution < -0.4 is 0 Å². The first kappa shape index (κ1) is 8.70. The molecule has 2 aromatic rings. The molecular formula is C12H12N2O2. The van der Waals surface area contributed by atoms with Crippen molar-refractivity contribution in [2.45, 2.75) is 31.8 Å². The highest BCUT2D eigenvalue weighted by molar-refractivity contribution is 5.81. The average Bonchev–Trinajstić information content (AvgIpc) is 3.15. The molecule has 16 heavy (non-hydrogen) atoms. The van der Waals surface area contributed by atoms with Gasteiger partial charge >= 0.3 is 0 Å². The van der Waals surface area contributed by atoms with Crippen molar-refractivity contribution in [3.05, 3.63) is 23.0 Å². The van der Waals surface area contributed by atoms with E-state index in [0.29, 0.717) is 11.6 Å². The van der Waals surface area contributed by atoms with E-state index in [9.17, 15) is 0 Å². The van der Waals surface area contributed by atoms with Gasteiger partial charge in [0.05, 0.1) is 23.4 Å². The Morgan fingerprint density at radius 2 is 2.19 bits per heavy atom. The smallest absolute Gasteiger partial charge is 0.258 e. The van der Waals surface area contributed by atoms with Crippen molar-refractivity contribution in [1.82, 2.24) is 10.1 Å². The molecule has 4 nitrogen and oxygen atoms in total. The Morgan fingerprint density at radius 3 is 2.88 bits per heavy atom. The fourth-order valence-corrected chi connectivity index (χ4v) is 2.20. The van der Waals surface area contributed by atoms with Crippen LogP contribution in [0.1, 0.15) is 41.8 Å². The maximum absolute atomic E-state index is 5.33. The molecule has 2 fully saturated rings. The third-order valence-corrected chi connectivity index (χ3v) is 3.32. The first-order valence-electron chi connectivity index (χ1n) is 5.71. The van der Waals surface area contributed by atoms with Gasteiger partial charge in [0.15, 0.2) is 0 Å². The van der Waals surface area contributed by atoms with Crippen LogP contribution in [0.2, 0.25) is 0 Å². The number of epoxide rings is 1. The van der Waals surface area contributed by atoms with Crippen molar-refractivity contribution in [1.29, 1.82) is 0 Å². The summed E-state index contributed by atoms with van der Waals surface area (Å²) in [6.07, 6.45) is 2.64. The normalized spacial score (nSPS) is 23.9. The molecule has 1 saturated carbocycles. The van der Waals surface area contributed by atoms with Crippen LogP contribution in [0.25, 0.3) is 11.1 Å². The van der Waals surface area contributed by atoms with Gasteiger partial charge in [-0.15, -0.1) is 0 Å². The number of aryl methyl sites for hydroxylation is 1. The van der Waals surface area contributed by atoms with Gasteiger partial charge in [0, 0.05) is 5.92 Å². The van der Waals surface area contributed by atoms with Gasteiger partial charge in [-0.3, -0.25) is 0 Å². The number of hydrogen-bond acceptors (Lipinski definition) is 4. The van der Waals surface area contributed by atoms with Gasteiger partial charge in [-0.1, -0.05) is 5.16 Å². The second-order valence-corrected chi connectivity index (χ2v) is 4.71. The number of ether oxygens (including phenoxy) is 1. The van der Waals surface area contributed by atoms with Crippen molar-refractivity contribution < 1.29 is 9.26 Å². The zero-order valence-electron chi connectivity index (χ0n) is 9.06. The molecule has 3 heterocycles. The van der Waals surface area contributed by atoms with Gasteiger partial charge < -0.3 is 9.26 Å². The summed E-state index contributed by atoms with van der Waals surface area (Å²) in [5.74, 6) is 0.602. The van der Waals surface area contributed by atoms with E-state index in [1.165, 1.54) is 18.4 Å². The molecule has 1 aliphatic carbocycles. The molecule has 0 spiro atoms. The lowest BCUT2D eigenvalue weighted by atomic mass is 10.1. The number of aromatic nitrogens is 2. The minimum absolute atomic E-state index is 0.178. The molecular weight excluding hydrogens is 204 g/mol. The molecule has 0 radical (unpaired) electrons. The number of hydrogen-bond donors (Lipinski definition) is 0. The van der Waals surface area contributed by atoms with Crippen LogP contribution in [0.5, 0.6) is 0 Å².